The Hall–Kier alpha value is -3.33. The van der Waals surface area contributed by atoms with Gasteiger partial charge in [0.25, 0.3) is 10.0 Å². The van der Waals surface area contributed by atoms with E-state index in [4.69, 9.17) is 0 Å². The smallest absolute Gasteiger partial charge is 0.262 e. The number of carbonyl (C=O) groups is 1. The lowest BCUT2D eigenvalue weighted by Gasteiger charge is -2.19. The van der Waals surface area contributed by atoms with Crippen molar-refractivity contribution >= 4 is 21.6 Å². The van der Waals surface area contributed by atoms with E-state index in [1.54, 1.807) is 11.0 Å². The monoisotopic (exact) mass is 502 g/mol. The van der Waals surface area contributed by atoms with E-state index in [1.807, 2.05) is 29.0 Å². The quantitative estimate of drug-likeness (QED) is 0.516. The van der Waals surface area contributed by atoms with Gasteiger partial charge in [0, 0.05) is 25.2 Å². The molecular formula is C26H25F3N2O3S. The summed E-state index contributed by atoms with van der Waals surface area (Å²) in [5.74, 6) is -3.97. The number of sulfonamides is 1. The number of halogens is 3. The van der Waals surface area contributed by atoms with Crippen molar-refractivity contribution in [2.24, 2.45) is 0 Å². The molecule has 1 N–H and O–H groups in total. The maximum absolute atomic E-state index is 13.9. The minimum atomic E-state index is -4.35. The van der Waals surface area contributed by atoms with Crippen molar-refractivity contribution in [3.05, 3.63) is 94.3 Å². The summed E-state index contributed by atoms with van der Waals surface area (Å²) in [5, 5.41) is 0. The predicted octanol–water partition coefficient (Wildman–Crippen LogP) is 5.29. The molecular weight excluding hydrogens is 477 g/mol. The number of nitrogens with zero attached hydrogens (tertiary/aromatic N) is 1. The van der Waals surface area contributed by atoms with Gasteiger partial charge in [-0.2, -0.15) is 0 Å². The number of hydrogen-bond acceptors (Lipinski definition) is 3. The van der Waals surface area contributed by atoms with Crippen molar-refractivity contribution in [1.29, 1.82) is 0 Å². The van der Waals surface area contributed by atoms with Crippen LogP contribution >= 0.6 is 0 Å². The van der Waals surface area contributed by atoms with Gasteiger partial charge in [-0.05, 0) is 39.8 Å². The molecule has 0 saturated heterocycles. The van der Waals surface area contributed by atoms with Gasteiger partial charge in [0.2, 0.25) is 5.91 Å². The van der Waals surface area contributed by atoms with Gasteiger partial charge in [-0.15, -0.1) is 0 Å². The van der Waals surface area contributed by atoms with Gasteiger partial charge in [0.1, 0.15) is 11.5 Å². The van der Waals surface area contributed by atoms with E-state index >= 15 is 0 Å². The number of nitrogens with one attached hydrogen (secondary N) is 1. The van der Waals surface area contributed by atoms with Crippen molar-refractivity contribution in [2.75, 3.05) is 4.72 Å². The molecule has 0 fully saturated rings. The minimum absolute atomic E-state index is 0.0142. The first kappa shape index (κ1) is 24.8. The van der Waals surface area contributed by atoms with Gasteiger partial charge < -0.3 is 4.90 Å². The molecule has 1 aliphatic heterocycles. The van der Waals surface area contributed by atoms with Crippen LogP contribution in [-0.4, -0.2) is 19.2 Å². The van der Waals surface area contributed by atoms with Crippen molar-refractivity contribution in [3.63, 3.8) is 0 Å². The molecule has 0 saturated carbocycles. The number of rotatable bonds is 5. The Morgan fingerprint density at radius 2 is 1.51 bits per heavy atom. The molecule has 1 heterocycles. The zero-order chi connectivity index (χ0) is 25.5. The summed E-state index contributed by atoms with van der Waals surface area (Å²) in [6.45, 7) is 6.90. The van der Waals surface area contributed by atoms with Crippen LogP contribution in [-0.2, 0) is 39.7 Å². The highest BCUT2D eigenvalue weighted by molar-refractivity contribution is 7.92. The van der Waals surface area contributed by atoms with Gasteiger partial charge in [0.05, 0.1) is 11.3 Å². The number of hydrogen-bond donors (Lipinski definition) is 1. The Labute approximate surface area is 202 Å². The average molecular weight is 503 g/mol. The fourth-order valence-corrected chi connectivity index (χ4v) is 5.08. The van der Waals surface area contributed by atoms with Crippen LogP contribution in [0, 0.1) is 17.5 Å². The summed E-state index contributed by atoms with van der Waals surface area (Å²) in [6.07, 6.45) is 0.217. The van der Waals surface area contributed by atoms with Crippen molar-refractivity contribution < 1.29 is 26.4 Å². The summed E-state index contributed by atoms with van der Waals surface area (Å²) >= 11 is 0. The third-order valence-electron chi connectivity index (χ3n) is 5.98. The zero-order valence-electron chi connectivity index (χ0n) is 19.5. The Morgan fingerprint density at radius 3 is 2.11 bits per heavy atom. The second-order valence-electron chi connectivity index (χ2n) is 9.65. The van der Waals surface area contributed by atoms with Crippen LogP contribution < -0.4 is 4.72 Å². The largest absolute Gasteiger partial charge is 0.334 e. The summed E-state index contributed by atoms with van der Waals surface area (Å²) in [6, 6.07) is 12.9. The SMILES string of the molecule is CC(C)(C)c1ccc(CC(=O)N2Cc3ccc(S(=O)(=O)Nc4c(F)cc(F)cc4F)cc3C2)cc1. The Morgan fingerprint density at radius 1 is 0.914 bits per heavy atom. The molecule has 4 rings (SSSR count). The lowest BCUT2D eigenvalue weighted by atomic mass is 9.86. The van der Waals surface area contributed by atoms with Gasteiger partial charge in [0.15, 0.2) is 11.6 Å². The topological polar surface area (TPSA) is 66.5 Å². The summed E-state index contributed by atoms with van der Waals surface area (Å²) < 4.78 is 68.3. The summed E-state index contributed by atoms with van der Waals surface area (Å²) in [5.41, 5.74) is 2.53. The van der Waals surface area contributed by atoms with Gasteiger partial charge in [-0.25, -0.2) is 21.6 Å². The standard InChI is InChI=1S/C26H25F3N2O3S/c1-26(2,3)19-7-4-16(5-8-19)10-24(32)31-14-17-6-9-21(11-18(17)15-31)35(33,34)30-25-22(28)12-20(27)13-23(25)29/h4-9,11-13,30H,10,14-15H2,1-3H3. The second kappa shape index (κ2) is 9.03. The number of carbonyl (C=O) groups excluding carboxylic acids is 1. The Balaban J connectivity index is 1.47. The molecule has 1 aliphatic rings. The van der Waals surface area contributed by atoms with E-state index in [-0.39, 0.29) is 29.2 Å². The first-order valence-electron chi connectivity index (χ1n) is 11.0. The third kappa shape index (κ3) is 5.35. The number of anilines is 1. The van der Waals surface area contributed by atoms with Crippen molar-refractivity contribution in [1.82, 2.24) is 4.90 Å². The molecule has 5 nitrogen and oxygen atoms in total. The van der Waals surface area contributed by atoms with Crippen molar-refractivity contribution in [3.8, 4) is 0 Å². The predicted molar refractivity (Wildman–Crippen MR) is 127 cm³/mol. The highest BCUT2D eigenvalue weighted by Gasteiger charge is 2.27. The number of amides is 1. The Kier molecular flexibility index (Phi) is 6.40. The Bertz CT molecular complexity index is 1380. The molecule has 0 aliphatic carbocycles. The molecule has 3 aromatic rings. The molecule has 35 heavy (non-hydrogen) atoms. The van der Waals surface area contributed by atoms with Crippen LogP contribution in [0.1, 0.15) is 43.0 Å². The van der Waals surface area contributed by atoms with E-state index in [0.29, 0.717) is 24.2 Å². The van der Waals surface area contributed by atoms with Crippen LogP contribution in [0.15, 0.2) is 59.5 Å². The van der Waals surface area contributed by atoms with Crippen LogP contribution in [0.3, 0.4) is 0 Å². The fourth-order valence-electron chi connectivity index (χ4n) is 3.96. The van der Waals surface area contributed by atoms with Gasteiger partial charge in [-0.3, -0.25) is 9.52 Å². The van der Waals surface area contributed by atoms with E-state index in [2.05, 4.69) is 20.8 Å². The maximum Gasteiger partial charge on any atom is 0.262 e. The lowest BCUT2D eigenvalue weighted by molar-refractivity contribution is -0.131. The molecule has 0 spiro atoms. The molecule has 1 amide bonds. The fraction of sp³-hybridized carbons (Fsp3) is 0.269. The minimum Gasteiger partial charge on any atom is -0.334 e. The van der Waals surface area contributed by atoms with Crippen LogP contribution in [0.25, 0.3) is 0 Å². The zero-order valence-corrected chi connectivity index (χ0v) is 20.3. The third-order valence-corrected chi connectivity index (χ3v) is 7.33. The molecule has 0 aromatic heterocycles. The normalized spacial score (nSPS) is 13.6. The first-order chi connectivity index (χ1) is 16.3. The molecule has 0 atom stereocenters. The molecule has 0 bridgehead atoms. The molecule has 9 heteroatoms. The maximum atomic E-state index is 13.9. The number of benzene rings is 3. The van der Waals surface area contributed by atoms with E-state index in [9.17, 15) is 26.4 Å². The highest BCUT2D eigenvalue weighted by Crippen LogP contribution is 2.29. The second-order valence-corrected chi connectivity index (χ2v) is 11.3. The van der Waals surface area contributed by atoms with E-state index in [1.165, 1.54) is 17.7 Å². The summed E-state index contributed by atoms with van der Waals surface area (Å²) in [4.78, 5) is 14.3. The first-order valence-corrected chi connectivity index (χ1v) is 12.5. The van der Waals surface area contributed by atoms with Crippen LogP contribution in [0.4, 0.5) is 18.9 Å². The molecule has 184 valence electrons. The van der Waals surface area contributed by atoms with E-state index in [0.717, 1.165) is 11.1 Å². The molecule has 0 unspecified atom stereocenters. The average Bonchev–Trinajstić information content (AvgIpc) is 3.20. The highest BCUT2D eigenvalue weighted by atomic mass is 32.2. The van der Waals surface area contributed by atoms with Gasteiger partial charge in [-0.1, -0.05) is 51.1 Å². The van der Waals surface area contributed by atoms with Crippen LogP contribution in [0.2, 0.25) is 0 Å². The van der Waals surface area contributed by atoms with E-state index < -0.39 is 33.2 Å². The van der Waals surface area contributed by atoms with Crippen LogP contribution in [0.5, 0.6) is 0 Å². The molecule has 3 aromatic carbocycles. The number of fused-ring (bicyclic) bond motifs is 1. The van der Waals surface area contributed by atoms with Crippen molar-refractivity contribution in [2.45, 2.75) is 50.6 Å². The lowest BCUT2D eigenvalue weighted by Crippen LogP contribution is -2.26. The summed E-state index contributed by atoms with van der Waals surface area (Å²) in [7, 11) is -4.35. The molecule has 0 radical (unpaired) electrons. The van der Waals surface area contributed by atoms with Gasteiger partial charge >= 0.3 is 0 Å².